The zero-order chi connectivity index (χ0) is 14.9. The molecule has 21 heavy (non-hydrogen) atoms. The molecule has 1 saturated carbocycles. The van der Waals surface area contributed by atoms with E-state index in [2.05, 4.69) is 19.9 Å². The summed E-state index contributed by atoms with van der Waals surface area (Å²) in [4.78, 5) is 4.20. The summed E-state index contributed by atoms with van der Waals surface area (Å²) < 4.78 is 29.2. The Morgan fingerprint density at radius 2 is 2.29 bits per heavy atom. The van der Waals surface area contributed by atoms with Crippen molar-refractivity contribution in [3.8, 4) is 0 Å². The first-order valence-corrected chi connectivity index (χ1v) is 9.22. The van der Waals surface area contributed by atoms with Gasteiger partial charge in [0.25, 0.3) is 10.0 Å². The van der Waals surface area contributed by atoms with Gasteiger partial charge in [-0.1, -0.05) is 0 Å². The van der Waals surface area contributed by atoms with Crippen LogP contribution >= 0.6 is 11.3 Å². The van der Waals surface area contributed by atoms with Crippen molar-refractivity contribution < 1.29 is 8.42 Å². The molecule has 0 radical (unpaired) electrons. The van der Waals surface area contributed by atoms with Crippen LogP contribution in [0.5, 0.6) is 0 Å². The monoisotopic (exact) mass is 327 g/mol. The van der Waals surface area contributed by atoms with Crippen molar-refractivity contribution in [3.05, 3.63) is 23.4 Å². The van der Waals surface area contributed by atoms with Crippen LogP contribution in [0.2, 0.25) is 0 Å². The van der Waals surface area contributed by atoms with Crippen molar-refractivity contribution in [2.75, 3.05) is 6.54 Å². The number of thiazole rings is 1. The Balaban J connectivity index is 1.60. The van der Waals surface area contributed by atoms with Crippen molar-refractivity contribution in [2.45, 2.75) is 42.9 Å². The number of aryl methyl sites for hydroxylation is 1. The van der Waals surface area contributed by atoms with E-state index >= 15 is 0 Å². The van der Waals surface area contributed by atoms with Crippen LogP contribution in [0.25, 0.3) is 0 Å². The summed E-state index contributed by atoms with van der Waals surface area (Å²) in [6.07, 6.45) is 5.85. The second-order valence-electron chi connectivity index (χ2n) is 4.97. The molecule has 0 spiro atoms. The van der Waals surface area contributed by atoms with Crippen LogP contribution in [0.3, 0.4) is 0 Å². The molecule has 1 aliphatic carbocycles. The molecule has 0 unspecified atom stereocenters. The Hall–Kier alpha value is -1.32. The van der Waals surface area contributed by atoms with Gasteiger partial charge in [0.2, 0.25) is 0 Å². The first-order chi connectivity index (χ1) is 10.1. The highest BCUT2D eigenvalue weighted by Gasteiger charge is 2.28. The Bertz CT molecular complexity index is 718. The molecule has 2 heterocycles. The first-order valence-electron chi connectivity index (χ1n) is 6.92. The molecule has 0 amide bonds. The number of nitrogens with zero attached hydrogens (tertiary/aromatic N) is 4. The van der Waals surface area contributed by atoms with Gasteiger partial charge in [-0.3, -0.25) is 0 Å². The van der Waals surface area contributed by atoms with Gasteiger partial charge in [0.05, 0.1) is 11.2 Å². The van der Waals surface area contributed by atoms with Crippen LogP contribution < -0.4 is 4.72 Å². The molecule has 9 heteroatoms. The largest absolute Gasteiger partial charge is 0.318 e. The van der Waals surface area contributed by atoms with Gasteiger partial charge in [0.15, 0.2) is 4.21 Å². The number of aromatic nitrogens is 4. The van der Waals surface area contributed by atoms with E-state index < -0.39 is 10.0 Å². The summed E-state index contributed by atoms with van der Waals surface area (Å²) >= 11 is 1.27. The van der Waals surface area contributed by atoms with Crippen LogP contribution in [0, 0.1) is 0 Å². The van der Waals surface area contributed by atoms with Gasteiger partial charge in [-0.15, -0.1) is 21.5 Å². The molecular formula is C12H17N5O2S2. The quantitative estimate of drug-likeness (QED) is 0.824. The highest BCUT2D eigenvalue weighted by atomic mass is 32.2. The maximum absolute atomic E-state index is 12.2. The molecule has 0 aromatic carbocycles. The van der Waals surface area contributed by atoms with E-state index in [1.54, 1.807) is 6.33 Å². The lowest BCUT2D eigenvalue weighted by Crippen LogP contribution is -2.26. The smallest absolute Gasteiger partial charge is 0.251 e. The van der Waals surface area contributed by atoms with Crippen molar-refractivity contribution in [1.29, 1.82) is 0 Å². The summed E-state index contributed by atoms with van der Waals surface area (Å²) in [6.45, 7) is 3.07. The van der Waals surface area contributed by atoms with Gasteiger partial charge in [0.1, 0.15) is 12.2 Å². The molecule has 114 valence electrons. The minimum Gasteiger partial charge on any atom is -0.318 e. The Kier molecular flexibility index (Phi) is 4.05. The summed E-state index contributed by atoms with van der Waals surface area (Å²) in [5.41, 5.74) is 0. The summed E-state index contributed by atoms with van der Waals surface area (Å²) in [7, 11) is -3.47. The highest BCUT2D eigenvalue weighted by molar-refractivity contribution is 7.91. The van der Waals surface area contributed by atoms with Crippen molar-refractivity contribution >= 4 is 21.4 Å². The summed E-state index contributed by atoms with van der Waals surface area (Å²) in [6, 6.07) is 0. The predicted molar refractivity (Wildman–Crippen MR) is 78.7 cm³/mol. The minimum atomic E-state index is -3.47. The molecule has 0 aliphatic heterocycles. The average Bonchev–Trinajstić information content (AvgIpc) is 3.02. The van der Waals surface area contributed by atoms with Crippen molar-refractivity contribution in [2.24, 2.45) is 0 Å². The molecule has 0 bridgehead atoms. The summed E-state index contributed by atoms with van der Waals surface area (Å²) in [5, 5.41) is 8.74. The zero-order valence-electron chi connectivity index (χ0n) is 11.7. The van der Waals surface area contributed by atoms with Crippen molar-refractivity contribution in [3.63, 3.8) is 0 Å². The predicted octanol–water partition coefficient (Wildman–Crippen LogP) is 1.15. The first kappa shape index (κ1) is 14.6. The van der Waals surface area contributed by atoms with Gasteiger partial charge in [0, 0.05) is 25.4 Å². The lowest BCUT2D eigenvalue weighted by atomic mass is 10.4. The van der Waals surface area contributed by atoms with E-state index in [1.165, 1.54) is 17.5 Å². The number of nitrogens with one attached hydrogen (secondary N) is 1. The minimum absolute atomic E-state index is 0.293. The van der Waals surface area contributed by atoms with E-state index in [-0.39, 0.29) is 0 Å². The number of sulfonamides is 1. The highest BCUT2D eigenvalue weighted by Crippen LogP contribution is 2.42. The fourth-order valence-electron chi connectivity index (χ4n) is 2.02. The second kappa shape index (κ2) is 5.82. The van der Waals surface area contributed by atoms with Crippen LogP contribution in [-0.4, -0.2) is 34.7 Å². The van der Waals surface area contributed by atoms with E-state index in [1.807, 2.05) is 11.5 Å². The second-order valence-corrected chi connectivity index (χ2v) is 8.03. The molecule has 2 aromatic heterocycles. The third kappa shape index (κ3) is 3.30. The molecule has 7 nitrogen and oxygen atoms in total. The molecule has 0 atom stereocenters. The van der Waals surface area contributed by atoms with Gasteiger partial charge >= 0.3 is 0 Å². The fraction of sp³-hybridized carbons (Fsp3) is 0.583. The van der Waals surface area contributed by atoms with E-state index in [0.717, 1.165) is 30.2 Å². The standard InChI is InChI=1S/C12H17N5O2S2/c1-2-17-8-14-16-10(17)5-6-15-21(18,19)11-7-13-12(20-11)9-3-4-9/h7-9,15H,2-6H2,1H3. The SMILES string of the molecule is CCn1cnnc1CCNS(=O)(=O)c1cnc(C2CC2)s1. The number of rotatable bonds is 7. The van der Waals surface area contributed by atoms with E-state index in [4.69, 9.17) is 0 Å². The molecular weight excluding hydrogens is 310 g/mol. The fourth-order valence-corrected chi connectivity index (χ4v) is 4.42. The lowest BCUT2D eigenvalue weighted by Gasteiger charge is -2.05. The van der Waals surface area contributed by atoms with E-state index in [0.29, 0.717) is 23.1 Å². The maximum Gasteiger partial charge on any atom is 0.251 e. The molecule has 1 aliphatic rings. The maximum atomic E-state index is 12.2. The van der Waals surface area contributed by atoms with Gasteiger partial charge in [-0.2, -0.15) is 0 Å². The third-order valence-corrected chi connectivity index (χ3v) is 6.45. The van der Waals surface area contributed by atoms with E-state index in [9.17, 15) is 8.42 Å². The lowest BCUT2D eigenvalue weighted by molar-refractivity contribution is 0.581. The Labute approximate surface area is 127 Å². The van der Waals surface area contributed by atoms with Crippen LogP contribution in [0.15, 0.2) is 16.7 Å². The van der Waals surface area contributed by atoms with Crippen LogP contribution in [-0.2, 0) is 23.0 Å². The van der Waals surface area contributed by atoms with Crippen LogP contribution in [0.4, 0.5) is 0 Å². The number of hydrogen-bond donors (Lipinski definition) is 1. The molecule has 1 fully saturated rings. The topological polar surface area (TPSA) is 89.8 Å². The van der Waals surface area contributed by atoms with Crippen molar-refractivity contribution in [1.82, 2.24) is 24.5 Å². The van der Waals surface area contributed by atoms with Gasteiger partial charge in [-0.25, -0.2) is 18.1 Å². The molecule has 3 rings (SSSR count). The van der Waals surface area contributed by atoms with Gasteiger partial charge < -0.3 is 4.57 Å². The van der Waals surface area contributed by atoms with Crippen LogP contribution in [0.1, 0.15) is 36.5 Å². The molecule has 0 saturated heterocycles. The summed E-state index contributed by atoms with van der Waals surface area (Å²) in [5.74, 6) is 1.25. The Morgan fingerprint density at radius 1 is 1.48 bits per heavy atom. The molecule has 1 N–H and O–H groups in total. The van der Waals surface area contributed by atoms with Gasteiger partial charge in [-0.05, 0) is 19.8 Å². The zero-order valence-corrected chi connectivity index (χ0v) is 13.3. The Morgan fingerprint density at radius 3 is 3.00 bits per heavy atom. The number of hydrogen-bond acceptors (Lipinski definition) is 6. The third-order valence-electron chi connectivity index (χ3n) is 3.37. The molecule has 2 aromatic rings. The normalized spacial score (nSPS) is 15.5. The average molecular weight is 327 g/mol.